The fourth-order valence-electron chi connectivity index (χ4n) is 1.95. The van der Waals surface area contributed by atoms with Gasteiger partial charge in [0, 0.05) is 11.4 Å². The molecule has 0 saturated carbocycles. The Kier molecular flexibility index (Phi) is 4.45. The van der Waals surface area contributed by atoms with E-state index >= 15 is 0 Å². The van der Waals surface area contributed by atoms with Gasteiger partial charge in [-0.3, -0.25) is 0 Å². The Balaban J connectivity index is 2.40. The van der Waals surface area contributed by atoms with Gasteiger partial charge in [0.25, 0.3) is 0 Å². The van der Waals surface area contributed by atoms with Crippen LogP contribution in [0.15, 0.2) is 35.7 Å². The minimum Gasteiger partial charge on any atom is -0.478 e. The van der Waals surface area contributed by atoms with Crippen molar-refractivity contribution in [2.24, 2.45) is 0 Å². The van der Waals surface area contributed by atoms with Gasteiger partial charge in [0.15, 0.2) is 0 Å². The van der Waals surface area contributed by atoms with Crippen molar-refractivity contribution >= 4 is 34.6 Å². The third kappa shape index (κ3) is 3.08. The second-order valence-electron chi connectivity index (χ2n) is 4.03. The maximum atomic E-state index is 11.3. The fourth-order valence-corrected chi connectivity index (χ4v) is 2.96. The predicted octanol–water partition coefficient (Wildman–Crippen LogP) is 4.13. The number of para-hydroxylation sites is 1. The molecule has 100 valence electrons. The second-order valence-corrected chi connectivity index (χ2v) is 5.47. The molecule has 3 nitrogen and oxygen atoms in total. The van der Waals surface area contributed by atoms with Gasteiger partial charge in [-0.05, 0) is 30.5 Å². The van der Waals surface area contributed by atoms with Crippen molar-refractivity contribution in [2.45, 2.75) is 13.5 Å². The molecule has 0 aliphatic heterocycles. The average molecular weight is 296 g/mol. The van der Waals surface area contributed by atoms with Crippen LogP contribution in [-0.2, 0) is 6.54 Å². The van der Waals surface area contributed by atoms with Crippen LogP contribution in [0, 0.1) is 0 Å². The Hall–Kier alpha value is -1.52. The van der Waals surface area contributed by atoms with E-state index in [0.717, 1.165) is 0 Å². The van der Waals surface area contributed by atoms with Crippen LogP contribution in [0.25, 0.3) is 0 Å². The van der Waals surface area contributed by atoms with Crippen LogP contribution >= 0.6 is 22.9 Å². The van der Waals surface area contributed by atoms with E-state index in [0.29, 0.717) is 23.8 Å². The van der Waals surface area contributed by atoms with Gasteiger partial charge in [0.1, 0.15) is 0 Å². The number of halogens is 1. The first-order valence-electron chi connectivity index (χ1n) is 5.92. The van der Waals surface area contributed by atoms with Crippen molar-refractivity contribution in [3.05, 3.63) is 51.2 Å². The highest BCUT2D eigenvalue weighted by Gasteiger charge is 2.18. The number of carboxylic acid groups (broad SMARTS) is 1. The monoisotopic (exact) mass is 295 g/mol. The van der Waals surface area contributed by atoms with Gasteiger partial charge in [-0.2, -0.15) is 0 Å². The molecule has 19 heavy (non-hydrogen) atoms. The third-order valence-corrected chi connectivity index (χ3v) is 4.01. The molecule has 5 heteroatoms. The van der Waals surface area contributed by atoms with Crippen molar-refractivity contribution in [1.29, 1.82) is 0 Å². The molecule has 0 aliphatic carbocycles. The predicted molar refractivity (Wildman–Crippen MR) is 79.5 cm³/mol. The molecule has 0 atom stereocenters. The minimum atomic E-state index is -0.956. The highest BCUT2D eigenvalue weighted by molar-refractivity contribution is 7.09. The maximum Gasteiger partial charge on any atom is 0.337 e. The van der Waals surface area contributed by atoms with Gasteiger partial charge in [-0.25, -0.2) is 4.79 Å². The average Bonchev–Trinajstić information content (AvgIpc) is 2.89. The lowest BCUT2D eigenvalue weighted by Crippen LogP contribution is -2.24. The molecule has 1 heterocycles. The molecule has 2 rings (SSSR count). The number of aromatic carboxylic acids is 1. The van der Waals surface area contributed by atoms with E-state index in [4.69, 9.17) is 11.6 Å². The Morgan fingerprint density at radius 1 is 1.37 bits per heavy atom. The molecular formula is C14H14ClNO2S. The highest BCUT2D eigenvalue weighted by Crippen LogP contribution is 2.31. The first kappa shape index (κ1) is 13.9. The van der Waals surface area contributed by atoms with Crippen LogP contribution in [0.5, 0.6) is 0 Å². The van der Waals surface area contributed by atoms with Gasteiger partial charge in [-0.1, -0.05) is 23.7 Å². The van der Waals surface area contributed by atoms with E-state index in [2.05, 4.69) is 0 Å². The summed E-state index contributed by atoms with van der Waals surface area (Å²) < 4.78 is 0. The molecular weight excluding hydrogens is 282 g/mol. The number of carbonyl (C=O) groups is 1. The second kappa shape index (κ2) is 6.08. The smallest absolute Gasteiger partial charge is 0.337 e. The number of hydrogen-bond donors (Lipinski definition) is 1. The summed E-state index contributed by atoms with van der Waals surface area (Å²) in [6.45, 7) is 3.35. The summed E-state index contributed by atoms with van der Waals surface area (Å²) in [6, 6.07) is 8.98. The number of nitrogens with zero attached hydrogens (tertiary/aromatic N) is 1. The number of thiophene rings is 1. The van der Waals surface area contributed by atoms with Crippen LogP contribution in [0.1, 0.15) is 22.2 Å². The standard InChI is InChI=1S/C14H14ClNO2S/c1-2-16(9-10-5-4-8-19-10)13-11(14(17)18)6-3-7-12(13)15/h3-8H,2,9H2,1H3,(H,17,18). The zero-order chi connectivity index (χ0) is 13.8. The molecule has 1 aromatic carbocycles. The van der Waals surface area contributed by atoms with Crippen molar-refractivity contribution in [1.82, 2.24) is 0 Å². The Labute approximate surface area is 121 Å². The molecule has 0 fully saturated rings. The minimum absolute atomic E-state index is 0.242. The fraction of sp³-hybridized carbons (Fsp3) is 0.214. The lowest BCUT2D eigenvalue weighted by atomic mass is 10.1. The normalized spacial score (nSPS) is 10.4. The van der Waals surface area contributed by atoms with Gasteiger partial charge in [0.2, 0.25) is 0 Å². The van der Waals surface area contributed by atoms with Gasteiger partial charge < -0.3 is 10.0 Å². The summed E-state index contributed by atoms with van der Waals surface area (Å²) in [4.78, 5) is 14.5. The van der Waals surface area contributed by atoms with E-state index in [1.165, 1.54) is 4.88 Å². The topological polar surface area (TPSA) is 40.5 Å². The van der Waals surface area contributed by atoms with E-state index in [1.807, 2.05) is 29.3 Å². The zero-order valence-electron chi connectivity index (χ0n) is 10.5. The molecule has 0 spiro atoms. The Morgan fingerprint density at radius 3 is 2.74 bits per heavy atom. The summed E-state index contributed by atoms with van der Waals surface area (Å²) in [5, 5.41) is 11.8. The molecule has 0 bridgehead atoms. The number of carboxylic acids is 1. The van der Waals surface area contributed by atoms with Gasteiger partial charge in [0.05, 0.1) is 22.8 Å². The van der Waals surface area contributed by atoms with Gasteiger partial charge >= 0.3 is 5.97 Å². The van der Waals surface area contributed by atoms with Crippen molar-refractivity contribution in [2.75, 3.05) is 11.4 Å². The van der Waals surface area contributed by atoms with Crippen LogP contribution in [0.4, 0.5) is 5.69 Å². The molecule has 1 aromatic heterocycles. The quantitative estimate of drug-likeness (QED) is 0.902. The summed E-state index contributed by atoms with van der Waals surface area (Å²) in [5.41, 5.74) is 0.832. The molecule has 0 aliphatic rings. The number of benzene rings is 1. The first-order valence-corrected chi connectivity index (χ1v) is 7.18. The highest BCUT2D eigenvalue weighted by atomic mass is 35.5. The molecule has 0 radical (unpaired) electrons. The number of hydrogen-bond acceptors (Lipinski definition) is 3. The summed E-state index contributed by atoms with van der Waals surface area (Å²) >= 11 is 7.83. The summed E-state index contributed by atoms with van der Waals surface area (Å²) in [7, 11) is 0. The largest absolute Gasteiger partial charge is 0.478 e. The molecule has 0 unspecified atom stereocenters. The SMILES string of the molecule is CCN(Cc1cccs1)c1c(Cl)cccc1C(=O)O. The van der Waals surface area contributed by atoms with Crippen molar-refractivity contribution in [3.8, 4) is 0 Å². The van der Waals surface area contributed by atoms with Crippen LogP contribution in [-0.4, -0.2) is 17.6 Å². The van der Waals surface area contributed by atoms with Crippen molar-refractivity contribution < 1.29 is 9.90 Å². The summed E-state index contributed by atoms with van der Waals surface area (Å²) in [6.07, 6.45) is 0. The maximum absolute atomic E-state index is 11.3. The first-order chi connectivity index (χ1) is 9.13. The van der Waals surface area contributed by atoms with Crippen LogP contribution < -0.4 is 4.90 Å². The van der Waals surface area contributed by atoms with E-state index in [9.17, 15) is 9.90 Å². The molecule has 0 amide bonds. The Bertz CT molecular complexity index is 569. The van der Waals surface area contributed by atoms with E-state index in [1.54, 1.807) is 29.5 Å². The Morgan fingerprint density at radius 2 is 2.16 bits per heavy atom. The van der Waals surface area contributed by atoms with Crippen LogP contribution in [0.3, 0.4) is 0 Å². The van der Waals surface area contributed by atoms with E-state index in [-0.39, 0.29) is 5.56 Å². The number of rotatable bonds is 5. The molecule has 2 aromatic rings. The number of anilines is 1. The zero-order valence-corrected chi connectivity index (χ0v) is 12.0. The van der Waals surface area contributed by atoms with Crippen LogP contribution in [0.2, 0.25) is 5.02 Å². The lowest BCUT2D eigenvalue weighted by molar-refractivity contribution is 0.0697. The van der Waals surface area contributed by atoms with E-state index < -0.39 is 5.97 Å². The third-order valence-electron chi connectivity index (χ3n) is 2.84. The van der Waals surface area contributed by atoms with Gasteiger partial charge in [-0.15, -0.1) is 11.3 Å². The lowest BCUT2D eigenvalue weighted by Gasteiger charge is -2.25. The molecule has 0 saturated heterocycles. The van der Waals surface area contributed by atoms with Crippen molar-refractivity contribution in [3.63, 3.8) is 0 Å². The summed E-state index contributed by atoms with van der Waals surface area (Å²) in [5.74, 6) is -0.956. The molecule has 1 N–H and O–H groups in total.